The Kier molecular flexibility index (Phi) is 4.52. The van der Waals surface area contributed by atoms with E-state index in [-0.39, 0.29) is 11.3 Å². The van der Waals surface area contributed by atoms with E-state index in [1.807, 2.05) is 13.8 Å². The molecule has 1 N–H and O–H groups in total. The van der Waals surface area contributed by atoms with Gasteiger partial charge in [0.25, 0.3) is 5.24 Å². The smallest absolute Gasteiger partial charge is 0.283 e. The minimum atomic E-state index is 0.0837. The van der Waals surface area contributed by atoms with Gasteiger partial charge in [-0.05, 0) is 55.7 Å². The highest BCUT2D eigenvalue weighted by molar-refractivity contribution is 8.16. The van der Waals surface area contributed by atoms with Crippen LogP contribution in [-0.2, 0) is 0 Å². The number of carbonyl (C=O) groups excluding carboxylic acids is 1. The standard InChI is InChI=1S/C11H19NOS/c1-8(2)12-11(13)14-10-6-4-5-9(3)7-10/h7-9H,4-6H2,1-3H3,(H,12,13)/t9-/m0/s1. The quantitative estimate of drug-likeness (QED) is 0.760. The van der Waals surface area contributed by atoms with Gasteiger partial charge in [0.2, 0.25) is 0 Å². The van der Waals surface area contributed by atoms with Gasteiger partial charge in [-0.15, -0.1) is 0 Å². The van der Waals surface area contributed by atoms with Gasteiger partial charge in [0.15, 0.2) is 0 Å². The minimum absolute atomic E-state index is 0.0837. The summed E-state index contributed by atoms with van der Waals surface area (Å²) < 4.78 is 0. The maximum absolute atomic E-state index is 11.4. The van der Waals surface area contributed by atoms with Crippen molar-refractivity contribution in [3.63, 3.8) is 0 Å². The second kappa shape index (κ2) is 5.44. The lowest BCUT2D eigenvalue weighted by Crippen LogP contribution is -2.26. The molecule has 0 aromatic rings. The highest BCUT2D eigenvalue weighted by atomic mass is 32.2. The lowest BCUT2D eigenvalue weighted by atomic mass is 9.98. The molecule has 1 atom stereocenters. The molecule has 3 heteroatoms. The molecule has 0 aromatic carbocycles. The number of amides is 1. The fraction of sp³-hybridized carbons (Fsp3) is 0.727. The number of rotatable bonds is 2. The lowest BCUT2D eigenvalue weighted by molar-refractivity contribution is 0.259. The van der Waals surface area contributed by atoms with Crippen molar-refractivity contribution >= 4 is 17.0 Å². The molecule has 1 aliphatic rings. The van der Waals surface area contributed by atoms with E-state index in [1.165, 1.54) is 29.5 Å². The number of nitrogens with one attached hydrogen (secondary N) is 1. The molecular weight excluding hydrogens is 194 g/mol. The summed E-state index contributed by atoms with van der Waals surface area (Å²) in [6, 6.07) is 0.233. The molecule has 0 heterocycles. The van der Waals surface area contributed by atoms with Gasteiger partial charge >= 0.3 is 0 Å². The molecule has 14 heavy (non-hydrogen) atoms. The highest BCUT2D eigenvalue weighted by Gasteiger charge is 2.13. The zero-order valence-electron chi connectivity index (χ0n) is 9.17. The summed E-state index contributed by atoms with van der Waals surface area (Å²) in [5, 5.41) is 2.97. The van der Waals surface area contributed by atoms with E-state index in [9.17, 15) is 4.79 Å². The monoisotopic (exact) mass is 213 g/mol. The molecule has 0 bridgehead atoms. The molecular formula is C11H19NOS. The molecule has 0 radical (unpaired) electrons. The Bertz CT molecular complexity index is 235. The zero-order chi connectivity index (χ0) is 10.6. The Morgan fingerprint density at radius 2 is 2.36 bits per heavy atom. The fourth-order valence-electron chi connectivity index (χ4n) is 1.55. The van der Waals surface area contributed by atoms with E-state index in [0.717, 1.165) is 6.42 Å². The first-order chi connectivity index (χ1) is 6.58. The molecule has 0 aliphatic heterocycles. The van der Waals surface area contributed by atoms with Crippen molar-refractivity contribution in [1.29, 1.82) is 0 Å². The van der Waals surface area contributed by atoms with E-state index >= 15 is 0 Å². The number of hydrogen-bond acceptors (Lipinski definition) is 2. The van der Waals surface area contributed by atoms with Crippen molar-refractivity contribution in [2.24, 2.45) is 5.92 Å². The summed E-state index contributed by atoms with van der Waals surface area (Å²) in [7, 11) is 0. The van der Waals surface area contributed by atoms with Gasteiger partial charge in [-0.3, -0.25) is 4.79 Å². The predicted octanol–water partition coefficient (Wildman–Crippen LogP) is 3.54. The molecule has 1 amide bonds. The average Bonchev–Trinajstić information content (AvgIpc) is 2.01. The van der Waals surface area contributed by atoms with Crippen molar-refractivity contribution in [1.82, 2.24) is 5.32 Å². The molecule has 80 valence electrons. The van der Waals surface area contributed by atoms with E-state index in [1.54, 1.807) is 0 Å². The van der Waals surface area contributed by atoms with Gasteiger partial charge in [-0.2, -0.15) is 0 Å². The van der Waals surface area contributed by atoms with Crippen LogP contribution in [0.2, 0.25) is 0 Å². The average molecular weight is 213 g/mol. The van der Waals surface area contributed by atoms with Crippen molar-refractivity contribution in [2.75, 3.05) is 0 Å². The van der Waals surface area contributed by atoms with Crippen molar-refractivity contribution in [3.8, 4) is 0 Å². The van der Waals surface area contributed by atoms with E-state index in [0.29, 0.717) is 5.92 Å². The highest BCUT2D eigenvalue weighted by Crippen LogP contribution is 2.30. The second-order valence-electron chi connectivity index (χ2n) is 4.19. The molecule has 0 spiro atoms. The summed E-state index contributed by atoms with van der Waals surface area (Å²) in [5.74, 6) is 0.637. The normalized spacial score (nSPS) is 22.0. The second-order valence-corrected chi connectivity index (χ2v) is 5.29. The summed E-state index contributed by atoms with van der Waals surface area (Å²) in [5.41, 5.74) is 0. The van der Waals surface area contributed by atoms with Gasteiger partial charge < -0.3 is 5.32 Å². The predicted molar refractivity (Wildman–Crippen MR) is 62.4 cm³/mol. The fourth-order valence-corrected chi connectivity index (χ4v) is 2.63. The van der Waals surface area contributed by atoms with Crippen LogP contribution >= 0.6 is 11.8 Å². The molecule has 0 unspecified atom stereocenters. The maximum atomic E-state index is 11.4. The summed E-state index contributed by atoms with van der Waals surface area (Å²) in [6.07, 6.45) is 5.78. The first kappa shape index (κ1) is 11.6. The summed E-state index contributed by atoms with van der Waals surface area (Å²) in [6.45, 7) is 6.17. The zero-order valence-corrected chi connectivity index (χ0v) is 9.99. The summed E-state index contributed by atoms with van der Waals surface area (Å²) >= 11 is 1.36. The van der Waals surface area contributed by atoms with E-state index in [2.05, 4.69) is 18.3 Å². The molecule has 2 nitrogen and oxygen atoms in total. The van der Waals surface area contributed by atoms with Gasteiger partial charge in [0, 0.05) is 6.04 Å². The SMILES string of the molecule is CC(C)NC(=O)SC1=C[C@@H](C)CCC1. The van der Waals surface area contributed by atoms with Gasteiger partial charge in [-0.25, -0.2) is 0 Å². The van der Waals surface area contributed by atoms with Crippen LogP contribution in [0.25, 0.3) is 0 Å². The first-order valence-corrected chi connectivity index (χ1v) is 6.08. The van der Waals surface area contributed by atoms with Crippen LogP contribution in [0.1, 0.15) is 40.0 Å². The lowest BCUT2D eigenvalue weighted by Gasteiger charge is -2.17. The van der Waals surface area contributed by atoms with Crippen molar-refractivity contribution in [2.45, 2.75) is 46.1 Å². The number of carbonyl (C=O) groups is 1. The number of allylic oxidation sites excluding steroid dienone is 2. The van der Waals surface area contributed by atoms with Gasteiger partial charge in [0.1, 0.15) is 0 Å². The van der Waals surface area contributed by atoms with Crippen LogP contribution in [0, 0.1) is 5.92 Å². The number of hydrogen-bond donors (Lipinski definition) is 1. The minimum Gasteiger partial charge on any atom is -0.345 e. The Balaban J connectivity index is 2.39. The van der Waals surface area contributed by atoms with Gasteiger partial charge in [0.05, 0.1) is 0 Å². The molecule has 0 saturated carbocycles. The van der Waals surface area contributed by atoms with Crippen LogP contribution in [0.5, 0.6) is 0 Å². The van der Waals surface area contributed by atoms with E-state index in [4.69, 9.17) is 0 Å². The Morgan fingerprint density at radius 3 is 2.93 bits per heavy atom. The van der Waals surface area contributed by atoms with Crippen LogP contribution in [0.4, 0.5) is 4.79 Å². The Labute approximate surface area is 90.5 Å². The van der Waals surface area contributed by atoms with Crippen LogP contribution < -0.4 is 5.32 Å². The third kappa shape index (κ3) is 4.18. The molecule has 0 fully saturated rings. The Morgan fingerprint density at radius 1 is 1.64 bits per heavy atom. The van der Waals surface area contributed by atoms with Crippen molar-refractivity contribution in [3.05, 3.63) is 11.0 Å². The van der Waals surface area contributed by atoms with Gasteiger partial charge in [-0.1, -0.05) is 13.0 Å². The summed E-state index contributed by atoms with van der Waals surface area (Å²) in [4.78, 5) is 12.7. The molecule has 1 rings (SSSR count). The topological polar surface area (TPSA) is 29.1 Å². The third-order valence-electron chi connectivity index (χ3n) is 2.18. The van der Waals surface area contributed by atoms with Crippen molar-refractivity contribution < 1.29 is 4.79 Å². The van der Waals surface area contributed by atoms with E-state index < -0.39 is 0 Å². The number of thioether (sulfide) groups is 1. The van der Waals surface area contributed by atoms with Crippen LogP contribution in [0.3, 0.4) is 0 Å². The van der Waals surface area contributed by atoms with Crippen LogP contribution in [-0.4, -0.2) is 11.3 Å². The van der Waals surface area contributed by atoms with Crippen LogP contribution in [0.15, 0.2) is 11.0 Å². The molecule has 0 saturated heterocycles. The maximum Gasteiger partial charge on any atom is 0.283 e. The first-order valence-electron chi connectivity index (χ1n) is 5.27. The molecule has 1 aliphatic carbocycles. The molecule has 0 aromatic heterocycles. The Hall–Kier alpha value is -0.440. The third-order valence-corrected chi connectivity index (χ3v) is 3.09. The largest absolute Gasteiger partial charge is 0.345 e.